The lowest BCUT2D eigenvalue weighted by atomic mass is 10.2. The van der Waals surface area contributed by atoms with Crippen molar-refractivity contribution in [2.24, 2.45) is 0 Å². The maximum Gasteiger partial charge on any atom is 0.243 e. The molecule has 0 fully saturated rings. The summed E-state index contributed by atoms with van der Waals surface area (Å²) in [6, 6.07) is 9.00. The van der Waals surface area contributed by atoms with E-state index in [-0.39, 0.29) is 13.2 Å². The largest absolute Gasteiger partial charge is 0.545 e. The fourth-order valence-corrected chi connectivity index (χ4v) is 3.12. The number of aromatic carboxylic acids is 1. The molecule has 0 aliphatic carbocycles. The van der Waals surface area contributed by atoms with Crippen LogP contribution in [0.25, 0.3) is 0 Å². The number of halogens is 2. The second-order valence-corrected chi connectivity index (χ2v) is 6.75. The molecule has 24 heavy (non-hydrogen) atoms. The lowest BCUT2D eigenvalue weighted by molar-refractivity contribution is -0.255. The zero-order valence-corrected chi connectivity index (χ0v) is 13.7. The standard InChI is InChI=1S/C15H13ClFNO5S/c16-11-3-1-2-4-13(11)23-8-7-18-24(21,22)14-9-10(15(19)20)5-6-12(14)17/h1-6,9,18H,7-8H2,(H,19,20)/p-1. The molecule has 0 aromatic heterocycles. The summed E-state index contributed by atoms with van der Waals surface area (Å²) in [5.41, 5.74) is -0.441. The summed E-state index contributed by atoms with van der Waals surface area (Å²) in [5.74, 6) is -2.29. The van der Waals surface area contributed by atoms with Crippen LogP contribution in [0.1, 0.15) is 10.4 Å². The Morgan fingerprint density at radius 3 is 2.62 bits per heavy atom. The number of carbonyl (C=O) groups excluding carboxylic acids is 1. The van der Waals surface area contributed by atoms with E-state index in [1.54, 1.807) is 24.3 Å². The van der Waals surface area contributed by atoms with E-state index in [1.807, 2.05) is 0 Å². The first-order chi connectivity index (χ1) is 11.3. The molecule has 2 aromatic carbocycles. The fraction of sp³-hybridized carbons (Fsp3) is 0.133. The molecule has 0 atom stereocenters. The Morgan fingerprint density at radius 1 is 1.25 bits per heavy atom. The van der Waals surface area contributed by atoms with Crippen LogP contribution in [0.3, 0.4) is 0 Å². The van der Waals surface area contributed by atoms with Crippen LogP contribution in [0.5, 0.6) is 5.75 Å². The molecule has 0 saturated heterocycles. The topological polar surface area (TPSA) is 95.5 Å². The van der Waals surface area contributed by atoms with Gasteiger partial charge in [-0.3, -0.25) is 0 Å². The Kier molecular flexibility index (Phi) is 5.76. The molecule has 6 nitrogen and oxygen atoms in total. The minimum absolute atomic E-state index is 0.0508. The van der Waals surface area contributed by atoms with Gasteiger partial charge in [0.2, 0.25) is 10.0 Å². The van der Waals surface area contributed by atoms with Crippen LogP contribution in [-0.2, 0) is 10.0 Å². The molecule has 0 amide bonds. The highest BCUT2D eigenvalue weighted by atomic mass is 35.5. The van der Waals surface area contributed by atoms with Gasteiger partial charge in [0.1, 0.15) is 23.1 Å². The van der Waals surface area contributed by atoms with Crippen LogP contribution in [0.2, 0.25) is 5.02 Å². The Morgan fingerprint density at radius 2 is 1.96 bits per heavy atom. The highest BCUT2D eigenvalue weighted by Gasteiger charge is 2.19. The van der Waals surface area contributed by atoms with E-state index in [0.717, 1.165) is 12.1 Å². The van der Waals surface area contributed by atoms with Crippen LogP contribution in [-0.4, -0.2) is 27.5 Å². The van der Waals surface area contributed by atoms with Gasteiger partial charge in [-0.05, 0) is 29.8 Å². The quantitative estimate of drug-likeness (QED) is 0.737. The van der Waals surface area contributed by atoms with Gasteiger partial charge in [-0.25, -0.2) is 17.5 Å². The van der Waals surface area contributed by atoms with E-state index in [9.17, 15) is 22.7 Å². The number of benzene rings is 2. The molecule has 1 N–H and O–H groups in total. The number of sulfonamides is 1. The first-order valence-electron chi connectivity index (χ1n) is 6.69. The van der Waals surface area contributed by atoms with Gasteiger partial charge in [0, 0.05) is 6.54 Å². The average Bonchev–Trinajstić information content (AvgIpc) is 2.53. The second kappa shape index (κ2) is 7.61. The lowest BCUT2D eigenvalue weighted by Gasteiger charge is -2.11. The summed E-state index contributed by atoms with van der Waals surface area (Å²) in [5, 5.41) is 11.1. The summed E-state index contributed by atoms with van der Waals surface area (Å²) < 4.78 is 45.2. The fourth-order valence-electron chi connectivity index (χ4n) is 1.81. The number of carboxylic acids is 1. The first kappa shape index (κ1) is 18.2. The van der Waals surface area contributed by atoms with Gasteiger partial charge in [0.25, 0.3) is 0 Å². The van der Waals surface area contributed by atoms with Gasteiger partial charge >= 0.3 is 0 Å². The Balaban J connectivity index is 2.03. The third-order valence-electron chi connectivity index (χ3n) is 2.94. The smallest absolute Gasteiger partial charge is 0.243 e. The molecule has 0 aliphatic heterocycles. The zero-order chi connectivity index (χ0) is 17.7. The van der Waals surface area contributed by atoms with Crippen LogP contribution in [0, 0.1) is 5.82 Å². The number of hydrogen-bond acceptors (Lipinski definition) is 5. The monoisotopic (exact) mass is 372 g/mol. The van der Waals surface area contributed by atoms with E-state index >= 15 is 0 Å². The zero-order valence-electron chi connectivity index (χ0n) is 12.2. The number of ether oxygens (including phenoxy) is 1. The molecule has 0 saturated carbocycles. The Bertz CT molecular complexity index is 857. The van der Waals surface area contributed by atoms with E-state index in [1.165, 1.54) is 0 Å². The van der Waals surface area contributed by atoms with Crippen LogP contribution in [0.4, 0.5) is 4.39 Å². The minimum atomic E-state index is -4.24. The summed E-state index contributed by atoms with van der Waals surface area (Å²) in [4.78, 5) is 9.98. The van der Waals surface area contributed by atoms with E-state index < -0.39 is 32.3 Å². The third-order valence-corrected chi connectivity index (χ3v) is 4.73. The Labute approximate surface area is 142 Å². The number of rotatable bonds is 7. The summed E-state index contributed by atoms with van der Waals surface area (Å²) in [6.07, 6.45) is 0. The molecule has 0 aliphatic rings. The molecule has 0 spiro atoms. The van der Waals surface area contributed by atoms with Crippen LogP contribution < -0.4 is 14.6 Å². The van der Waals surface area contributed by atoms with Gasteiger partial charge in [-0.15, -0.1) is 0 Å². The molecule has 0 bridgehead atoms. The van der Waals surface area contributed by atoms with Gasteiger partial charge in [-0.2, -0.15) is 0 Å². The van der Waals surface area contributed by atoms with E-state index in [0.29, 0.717) is 16.8 Å². The molecule has 0 radical (unpaired) electrons. The molecule has 2 aromatic rings. The molecular weight excluding hydrogens is 361 g/mol. The van der Waals surface area contributed by atoms with Crippen molar-refractivity contribution < 1.29 is 27.4 Å². The van der Waals surface area contributed by atoms with Crippen molar-refractivity contribution in [3.8, 4) is 5.75 Å². The minimum Gasteiger partial charge on any atom is -0.545 e. The normalized spacial score (nSPS) is 11.2. The third kappa shape index (κ3) is 4.44. The predicted molar refractivity (Wildman–Crippen MR) is 82.9 cm³/mol. The molecule has 128 valence electrons. The Hall–Kier alpha value is -2.16. The second-order valence-electron chi connectivity index (χ2n) is 4.61. The highest BCUT2D eigenvalue weighted by Crippen LogP contribution is 2.22. The van der Waals surface area contributed by atoms with Crippen LogP contribution in [0.15, 0.2) is 47.4 Å². The molecule has 9 heteroatoms. The molecular formula is C15H12ClFNO5S-. The van der Waals surface area contributed by atoms with Gasteiger partial charge in [-0.1, -0.05) is 29.8 Å². The maximum absolute atomic E-state index is 13.7. The number of carbonyl (C=O) groups is 1. The summed E-state index contributed by atoms with van der Waals surface area (Å²) in [7, 11) is -4.24. The van der Waals surface area contributed by atoms with Crippen molar-refractivity contribution >= 4 is 27.6 Å². The van der Waals surface area contributed by atoms with Crippen molar-refractivity contribution in [1.82, 2.24) is 4.72 Å². The van der Waals surface area contributed by atoms with E-state index in [4.69, 9.17) is 16.3 Å². The van der Waals surface area contributed by atoms with Gasteiger partial charge < -0.3 is 14.6 Å². The number of para-hydroxylation sites is 1. The molecule has 0 unspecified atom stereocenters. The average molecular weight is 373 g/mol. The van der Waals surface area contributed by atoms with E-state index in [2.05, 4.69) is 4.72 Å². The molecule has 2 rings (SSSR count). The maximum atomic E-state index is 13.7. The first-order valence-corrected chi connectivity index (χ1v) is 8.55. The number of nitrogens with one attached hydrogen (secondary N) is 1. The van der Waals surface area contributed by atoms with Crippen molar-refractivity contribution in [2.75, 3.05) is 13.2 Å². The van der Waals surface area contributed by atoms with Crippen molar-refractivity contribution in [3.05, 3.63) is 58.9 Å². The molecule has 0 heterocycles. The van der Waals surface area contributed by atoms with Gasteiger partial charge in [0.05, 0.1) is 11.0 Å². The van der Waals surface area contributed by atoms with Crippen molar-refractivity contribution in [3.63, 3.8) is 0 Å². The summed E-state index contributed by atoms with van der Waals surface area (Å²) in [6.45, 7) is -0.215. The lowest BCUT2D eigenvalue weighted by Crippen LogP contribution is -2.29. The predicted octanol–water partition coefficient (Wildman–Crippen LogP) is 1.20. The van der Waals surface area contributed by atoms with Crippen molar-refractivity contribution in [1.29, 1.82) is 0 Å². The number of carboxylic acid groups (broad SMARTS) is 1. The van der Waals surface area contributed by atoms with Crippen molar-refractivity contribution in [2.45, 2.75) is 4.90 Å². The summed E-state index contributed by atoms with van der Waals surface area (Å²) >= 11 is 5.88. The highest BCUT2D eigenvalue weighted by molar-refractivity contribution is 7.89. The number of hydrogen-bond donors (Lipinski definition) is 1. The van der Waals surface area contributed by atoms with Gasteiger partial charge in [0.15, 0.2) is 0 Å². The SMILES string of the molecule is O=C([O-])c1ccc(F)c(S(=O)(=O)NCCOc2ccccc2Cl)c1. The van der Waals surface area contributed by atoms with Crippen LogP contribution >= 0.6 is 11.6 Å².